The van der Waals surface area contributed by atoms with E-state index in [0.717, 1.165) is 17.8 Å². The Morgan fingerprint density at radius 2 is 2.00 bits per heavy atom. The zero-order valence-electron chi connectivity index (χ0n) is 8.06. The summed E-state index contributed by atoms with van der Waals surface area (Å²) in [4.78, 5) is 0. The van der Waals surface area contributed by atoms with Gasteiger partial charge in [0.25, 0.3) is 0 Å². The lowest BCUT2D eigenvalue weighted by Gasteiger charge is -2.60. The van der Waals surface area contributed by atoms with Crippen LogP contribution in [0.5, 0.6) is 0 Å². The first-order valence-electron chi connectivity index (χ1n) is 5.16. The van der Waals surface area contributed by atoms with Crippen molar-refractivity contribution in [2.45, 2.75) is 46.5 Å². The second-order valence-corrected chi connectivity index (χ2v) is 5.11. The summed E-state index contributed by atoms with van der Waals surface area (Å²) >= 11 is 0. The van der Waals surface area contributed by atoms with E-state index in [0.29, 0.717) is 5.41 Å². The van der Waals surface area contributed by atoms with E-state index >= 15 is 0 Å². The van der Waals surface area contributed by atoms with E-state index < -0.39 is 0 Å². The Morgan fingerprint density at radius 3 is 2.36 bits per heavy atom. The second kappa shape index (κ2) is 2.24. The minimum atomic E-state index is 0.707. The molecule has 64 valence electrons. The normalized spacial score (nSPS) is 46.6. The topological polar surface area (TPSA) is 0 Å². The Morgan fingerprint density at radius 1 is 1.27 bits per heavy atom. The summed E-state index contributed by atoms with van der Waals surface area (Å²) < 4.78 is 0. The molecule has 0 heteroatoms. The van der Waals surface area contributed by atoms with E-state index in [1.165, 1.54) is 19.3 Å². The Hall–Kier alpha value is 0. The number of hydrogen-bond donors (Lipinski definition) is 0. The first-order valence-corrected chi connectivity index (χ1v) is 5.16. The molecule has 3 rings (SSSR count). The maximum atomic E-state index is 2.48. The van der Waals surface area contributed by atoms with Crippen molar-refractivity contribution < 1.29 is 0 Å². The maximum absolute atomic E-state index is 2.48. The largest absolute Gasteiger partial charge is 0.0651 e. The average Bonchev–Trinajstić information content (AvgIpc) is 2.04. The summed E-state index contributed by atoms with van der Waals surface area (Å²) in [6.07, 6.45) is 6.00. The van der Waals surface area contributed by atoms with Gasteiger partial charge in [-0.1, -0.05) is 27.2 Å². The highest BCUT2D eigenvalue weighted by molar-refractivity contribution is 5.02. The third kappa shape index (κ3) is 0.878. The Balaban J connectivity index is 2.10. The molecule has 3 aliphatic carbocycles. The van der Waals surface area contributed by atoms with Crippen molar-refractivity contribution in [1.29, 1.82) is 0 Å². The highest BCUT2D eigenvalue weighted by atomic mass is 14.6. The summed E-state index contributed by atoms with van der Waals surface area (Å²) in [6, 6.07) is 0. The molecule has 3 fully saturated rings. The van der Waals surface area contributed by atoms with E-state index in [4.69, 9.17) is 0 Å². The van der Waals surface area contributed by atoms with Crippen LogP contribution in [0.15, 0.2) is 0 Å². The Bertz CT molecular complexity index is 155. The van der Waals surface area contributed by atoms with E-state index in [2.05, 4.69) is 20.8 Å². The molecule has 0 nitrogen and oxygen atoms in total. The van der Waals surface area contributed by atoms with Crippen molar-refractivity contribution in [3.8, 4) is 0 Å². The van der Waals surface area contributed by atoms with Crippen molar-refractivity contribution in [2.75, 3.05) is 0 Å². The van der Waals surface area contributed by atoms with Gasteiger partial charge < -0.3 is 0 Å². The maximum Gasteiger partial charge on any atom is -0.0295 e. The SMILES string of the molecule is CC[C@H]1CC[C@@H]2C[C@H]1C2(C)C. The molecule has 0 aromatic heterocycles. The van der Waals surface area contributed by atoms with Crippen LogP contribution < -0.4 is 0 Å². The van der Waals surface area contributed by atoms with Crippen LogP contribution in [-0.2, 0) is 0 Å². The van der Waals surface area contributed by atoms with E-state index in [9.17, 15) is 0 Å². The van der Waals surface area contributed by atoms with Gasteiger partial charge in [0.05, 0.1) is 0 Å². The Kier molecular flexibility index (Phi) is 1.56. The fraction of sp³-hybridized carbons (Fsp3) is 1.00. The van der Waals surface area contributed by atoms with Crippen LogP contribution in [0.4, 0.5) is 0 Å². The van der Waals surface area contributed by atoms with Crippen LogP contribution >= 0.6 is 0 Å². The van der Waals surface area contributed by atoms with E-state index in [1.54, 1.807) is 6.42 Å². The van der Waals surface area contributed by atoms with Gasteiger partial charge in [-0.25, -0.2) is 0 Å². The molecule has 2 bridgehead atoms. The molecule has 0 spiro atoms. The molecule has 0 N–H and O–H groups in total. The molecule has 0 saturated heterocycles. The molecule has 0 amide bonds. The minimum absolute atomic E-state index is 0.707. The molecule has 3 atom stereocenters. The van der Waals surface area contributed by atoms with Gasteiger partial charge in [-0.3, -0.25) is 0 Å². The molecule has 0 aromatic rings. The monoisotopic (exact) mass is 152 g/mol. The summed E-state index contributed by atoms with van der Waals surface area (Å²) in [6.45, 7) is 7.32. The van der Waals surface area contributed by atoms with E-state index in [-0.39, 0.29) is 0 Å². The first-order chi connectivity index (χ1) is 5.16. The van der Waals surface area contributed by atoms with Crippen molar-refractivity contribution in [2.24, 2.45) is 23.2 Å². The van der Waals surface area contributed by atoms with Crippen LogP contribution in [0.2, 0.25) is 0 Å². The second-order valence-electron chi connectivity index (χ2n) is 5.11. The summed E-state index contributed by atoms with van der Waals surface area (Å²) in [7, 11) is 0. The quantitative estimate of drug-likeness (QED) is 0.539. The van der Waals surface area contributed by atoms with Crippen molar-refractivity contribution in [3.05, 3.63) is 0 Å². The molecule has 3 aliphatic rings. The van der Waals surface area contributed by atoms with Gasteiger partial charge >= 0.3 is 0 Å². The van der Waals surface area contributed by atoms with E-state index in [1.807, 2.05) is 0 Å². The van der Waals surface area contributed by atoms with Gasteiger partial charge in [0, 0.05) is 0 Å². The molecule has 0 heterocycles. The third-order valence-electron chi connectivity index (χ3n) is 4.53. The third-order valence-corrected chi connectivity index (χ3v) is 4.53. The van der Waals surface area contributed by atoms with Crippen LogP contribution in [0, 0.1) is 23.2 Å². The van der Waals surface area contributed by atoms with Gasteiger partial charge in [0.2, 0.25) is 0 Å². The highest BCUT2D eigenvalue weighted by Gasteiger charge is 2.53. The fourth-order valence-corrected chi connectivity index (χ4v) is 3.45. The van der Waals surface area contributed by atoms with Crippen molar-refractivity contribution in [1.82, 2.24) is 0 Å². The molecule has 0 unspecified atom stereocenters. The smallest absolute Gasteiger partial charge is 0.0295 e. The fourth-order valence-electron chi connectivity index (χ4n) is 3.45. The summed E-state index contributed by atoms with van der Waals surface area (Å²) in [5.41, 5.74) is 0.707. The molecular formula is C11H20. The highest BCUT2D eigenvalue weighted by Crippen LogP contribution is 2.61. The number of rotatable bonds is 1. The summed E-state index contributed by atoms with van der Waals surface area (Å²) in [5, 5.41) is 0. The molecule has 0 aromatic carbocycles. The van der Waals surface area contributed by atoms with Gasteiger partial charge in [0.15, 0.2) is 0 Å². The Labute approximate surface area is 70.4 Å². The molecule has 11 heavy (non-hydrogen) atoms. The van der Waals surface area contributed by atoms with Crippen LogP contribution in [0.25, 0.3) is 0 Å². The zero-order chi connectivity index (χ0) is 8.06. The minimum Gasteiger partial charge on any atom is -0.0651 e. The number of fused-ring (bicyclic) bond motifs is 2. The predicted molar refractivity (Wildman–Crippen MR) is 48.4 cm³/mol. The van der Waals surface area contributed by atoms with Crippen LogP contribution in [0.3, 0.4) is 0 Å². The lowest BCUT2D eigenvalue weighted by molar-refractivity contribution is -0.105. The predicted octanol–water partition coefficient (Wildman–Crippen LogP) is 3.47. The molecular weight excluding hydrogens is 132 g/mol. The standard InChI is InChI=1S/C11H20/c1-4-8-5-6-9-7-10(8)11(9,2)3/h8-10H,4-7H2,1-3H3/t8-,9+,10+/m0/s1. The van der Waals surface area contributed by atoms with Gasteiger partial charge in [-0.15, -0.1) is 0 Å². The molecule has 0 radical (unpaired) electrons. The van der Waals surface area contributed by atoms with Gasteiger partial charge in [0.1, 0.15) is 0 Å². The van der Waals surface area contributed by atoms with Crippen LogP contribution in [-0.4, -0.2) is 0 Å². The van der Waals surface area contributed by atoms with Crippen molar-refractivity contribution in [3.63, 3.8) is 0 Å². The zero-order valence-corrected chi connectivity index (χ0v) is 8.06. The lowest BCUT2D eigenvalue weighted by atomic mass is 9.45. The average molecular weight is 152 g/mol. The van der Waals surface area contributed by atoms with Crippen LogP contribution in [0.1, 0.15) is 46.5 Å². The van der Waals surface area contributed by atoms with Gasteiger partial charge in [-0.05, 0) is 42.4 Å². The van der Waals surface area contributed by atoms with Gasteiger partial charge in [-0.2, -0.15) is 0 Å². The molecule has 3 saturated carbocycles. The number of hydrogen-bond acceptors (Lipinski definition) is 0. The lowest BCUT2D eigenvalue weighted by Crippen LogP contribution is -2.52. The first kappa shape index (κ1) is 7.64. The molecule has 0 aliphatic heterocycles. The summed E-state index contributed by atoms with van der Waals surface area (Å²) in [5.74, 6) is 3.22. The van der Waals surface area contributed by atoms with Crippen molar-refractivity contribution >= 4 is 0 Å².